The lowest BCUT2D eigenvalue weighted by atomic mass is 10.1. The number of hydrogen-bond acceptors (Lipinski definition) is 7. The van der Waals surface area contributed by atoms with Gasteiger partial charge in [0, 0.05) is 11.9 Å². The van der Waals surface area contributed by atoms with Crippen LogP contribution >= 0.6 is 11.6 Å². The molecule has 0 aliphatic carbocycles. The largest absolute Gasteiger partial charge is 0.466 e. The average molecular weight is 369 g/mol. The number of nitrogens with zero attached hydrogens (tertiary/aromatic N) is 1. The van der Waals surface area contributed by atoms with Gasteiger partial charge in [0.15, 0.2) is 0 Å². The second kappa shape index (κ2) is 8.00. The summed E-state index contributed by atoms with van der Waals surface area (Å²) >= 11 is 6.06. The van der Waals surface area contributed by atoms with E-state index in [2.05, 4.69) is 5.32 Å². The molecule has 0 radical (unpaired) electrons. The number of amides is 1. The standard InChI is InChI=1S/C16H17ClN2O6/c1-9(20)18-12-5-4-10(17)6-13(12)19-8-25-7-11(15(21)23-2)14(19)16(22)24-3/h4-6H,7-8H2,1-3H3,(H,18,20). The fourth-order valence-electron chi connectivity index (χ4n) is 2.36. The molecule has 0 saturated heterocycles. The maximum absolute atomic E-state index is 12.3. The third-order valence-corrected chi connectivity index (χ3v) is 3.63. The molecule has 1 amide bonds. The minimum atomic E-state index is -0.738. The monoisotopic (exact) mass is 368 g/mol. The van der Waals surface area contributed by atoms with Gasteiger partial charge in [-0.3, -0.25) is 4.79 Å². The summed E-state index contributed by atoms with van der Waals surface area (Å²) in [5, 5.41) is 3.02. The fourth-order valence-corrected chi connectivity index (χ4v) is 2.52. The number of hydrogen-bond donors (Lipinski definition) is 1. The van der Waals surface area contributed by atoms with Crippen molar-refractivity contribution in [3.05, 3.63) is 34.5 Å². The molecule has 0 fully saturated rings. The van der Waals surface area contributed by atoms with Gasteiger partial charge in [-0.1, -0.05) is 11.6 Å². The number of halogens is 1. The molecule has 1 aromatic rings. The number of rotatable bonds is 4. The van der Waals surface area contributed by atoms with E-state index >= 15 is 0 Å². The Morgan fingerprint density at radius 1 is 1.20 bits per heavy atom. The van der Waals surface area contributed by atoms with Gasteiger partial charge in [-0.05, 0) is 18.2 Å². The molecule has 2 rings (SSSR count). The first-order valence-electron chi connectivity index (χ1n) is 7.21. The van der Waals surface area contributed by atoms with E-state index < -0.39 is 11.9 Å². The van der Waals surface area contributed by atoms with Crippen LogP contribution in [-0.2, 0) is 28.6 Å². The third-order valence-electron chi connectivity index (χ3n) is 3.39. The highest BCUT2D eigenvalue weighted by molar-refractivity contribution is 6.31. The highest BCUT2D eigenvalue weighted by Crippen LogP contribution is 2.34. The average Bonchev–Trinajstić information content (AvgIpc) is 2.60. The van der Waals surface area contributed by atoms with E-state index in [-0.39, 0.29) is 30.5 Å². The molecule has 0 unspecified atom stereocenters. The van der Waals surface area contributed by atoms with Gasteiger partial charge < -0.3 is 24.4 Å². The lowest BCUT2D eigenvalue weighted by molar-refractivity contribution is -0.140. The van der Waals surface area contributed by atoms with Gasteiger partial charge in [0.2, 0.25) is 5.91 Å². The fraction of sp³-hybridized carbons (Fsp3) is 0.312. The molecule has 8 nitrogen and oxygen atoms in total. The van der Waals surface area contributed by atoms with E-state index in [9.17, 15) is 14.4 Å². The number of benzene rings is 1. The summed E-state index contributed by atoms with van der Waals surface area (Å²) in [4.78, 5) is 37.2. The van der Waals surface area contributed by atoms with Gasteiger partial charge in [-0.25, -0.2) is 9.59 Å². The van der Waals surface area contributed by atoms with Crippen molar-refractivity contribution in [2.24, 2.45) is 0 Å². The Labute approximate surface area is 149 Å². The van der Waals surface area contributed by atoms with Crippen molar-refractivity contribution in [1.82, 2.24) is 0 Å². The zero-order chi connectivity index (χ0) is 18.6. The summed E-state index contributed by atoms with van der Waals surface area (Å²) in [6.07, 6.45) is 0. The van der Waals surface area contributed by atoms with E-state index in [1.807, 2.05) is 0 Å². The number of carbonyl (C=O) groups is 3. The predicted octanol–water partition coefficient (Wildman–Crippen LogP) is 1.69. The molecule has 1 aliphatic heterocycles. The Kier molecular flexibility index (Phi) is 6.00. The summed E-state index contributed by atoms with van der Waals surface area (Å²) in [7, 11) is 2.40. The van der Waals surface area contributed by atoms with Gasteiger partial charge in [-0.2, -0.15) is 0 Å². The molecule has 1 aliphatic rings. The van der Waals surface area contributed by atoms with Gasteiger partial charge in [-0.15, -0.1) is 0 Å². The maximum atomic E-state index is 12.3. The van der Waals surface area contributed by atoms with Crippen LogP contribution in [0.25, 0.3) is 0 Å². The van der Waals surface area contributed by atoms with Crippen molar-refractivity contribution < 1.29 is 28.6 Å². The number of methoxy groups -OCH3 is 2. The van der Waals surface area contributed by atoms with Crippen LogP contribution in [0.15, 0.2) is 29.5 Å². The first-order chi connectivity index (χ1) is 11.9. The normalized spacial score (nSPS) is 14.2. The van der Waals surface area contributed by atoms with Gasteiger partial charge in [0.25, 0.3) is 0 Å². The highest BCUT2D eigenvalue weighted by atomic mass is 35.5. The van der Waals surface area contributed by atoms with E-state index in [1.54, 1.807) is 18.2 Å². The quantitative estimate of drug-likeness (QED) is 0.808. The second-order valence-electron chi connectivity index (χ2n) is 5.06. The maximum Gasteiger partial charge on any atom is 0.355 e. The molecule has 1 heterocycles. The number of ether oxygens (including phenoxy) is 3. The SMILES string of the molecule is COC(=O)C1=C(C(=O)OC)N(c2cc(Cl)ccc2NC(C)=O)COC1. The van der Waals surface area contributed by atoms with Crippen LogP contribution in [0, 0.1) is 0 Å². The molecule has 9 heteroatoms. The number of carbonyl (C=O) groups excluding carboxylic acids is 3. The van der Waals surface area contributed by atoms with Gasteiger partial charge in [0.05, 0.1) is 37.8 Å². The van der Waals surface area contributed by atoms with Crippen LogP contribution in [0.4, 0.5) is 11.4 Å². The van der Waals surface area contributed by atoms with E-state index in [1.165, 1.54) is 26.0 Å². The molecule has 25 heavy (non-hydrogen) atoms. The summed E-state index contributed by atoms with van der Waals surface area (Å²) in [6.45, 7) is 1.20. The van der Waals surface area contributed by atoms with Gasteiger partial charge >= 0.3 is 11.9 Å². The van der Waals surface area contributed by atoms with Crippen molar-refractivity contribution in [3.63, 3.8) is 0 Å². The van der Waals surface area contributed by atoms with Crippen LogP contribution in [0.2, 0.25) is 5.02 Å². The van der Waals surface area contributed by atoms with Crippen molar-refractivity contribution in [3.8, 4) is 0 Å². The third kappa shape index (κ3) is 4.09. The Balaban J connectivity index is 2.63. The first-order valence-corrected chi connectivity index (χ1v) is 7.59. The molecule has 0 saturated carbocycles. The summed E-state index contributed by atoms with van der Waals surface area (Å²) in [5.74, 6) is -1.76. The summed E-state index contributed by atoms with van der Waals surface area (Å²) in [5.41, 5.74) is 0.751. The summed E-state index contributed by atoms with van der Waals surface area (Å²) in [6, 6.07) is 4.71. The van der Waals surface area contributed by atoms with E-state index in [4.69, 9.17) is 25.8 Å². The van der Waals surface area contributed by atoms with Crippen molar-refractivity contribution in [2.75, 3.05) is 37.8 Å². The van der Waals surface area contributed by atoms with Crippen LogP contribution in [0.3, 0.4) is 0 Å². The number of nitrogens with one attached hydrogen (secondary N) is 1. The van der Waals surface area contributed by atoms with Crippen molar-refractivity contribution in [1.29, 1.82) is 0 Å². The zero-order valence-electron chi connectivity index (χ0n) is 13.9. The molecule has 134 valence electrons. The van der Waals surface area contributed by atoms with Crippen LogP contribution in [0.5, 0.6) is 0 Å². The molecule has 1 N–H and O–H groups in total. The molecule has 0 spiro atoms. The molecule has 0 aromatic heterocycles. The molecule has 0 atom stereocenters. The van der Waals surface area contributed by atoms with Crippen molar-refractivity contribution >= 4 is 40.8 Å². The van der Waals surface area contributed by atoms with Gasteiger partial charge in [0.1, 0.15) is 12.4 Å². The minimum absolute atomic E-state index is 0.00866. The molecular formula is C16H17ClN2O6. The van der Waals surface area contributed by atoms with Crippen LogP contribution in [-0.4, -0.2) is 45.4 Å². The minimum Gasteiger partial charge on any atom is -0.466 e. The van der Waals surface area contributed by atoms with E-state index in [0.29, 0.717) is 16.4 Å². The molecule has 1 aromatic carbocycles. The lowest BCUT2D eigenvalue weighted by Gasteiger charge is -2.32. The second-order valence-corrected chi connectivity index (χ2v) is 5.50. The predicted molar refractivity (Wildman–Crippen MR) is 90.1 cm³/mol. The smallest absolute Gasteiger partial charge is 0.355 e. The number of anilines is 2. The molecule has 0 bridgehead atoms. The number of esters is 2. The topological polar surface area (TPSA) is 94.2 Å². The lowest BCUT2D eigenvalue weighted by Crippen LogP contribution is -2.39. The Morgan fingerprint density at radius 3 is 2.48 bits per heavy atom. The Bertz CT molecular complexity index is 746. The summed E-state index contributed by atoms with van der Waals surface area (Å²) < 4.78 is 14.9. The van der Waals surface area contributed by atoms with Crippen LogP contribution < -0.4 is 10.2 Å². The first kappa shape index (κ1) is 18.8. The highest BCUT2D eigenvalue weighted by Gasteiger charge is 2.33. The molecular weight excluding hydrogens is 352 g/mol. The zero-order valence-corrected chi connectivity index (χ0v) is 14.7. The van der Waals surface area contributed by atoms with Crippen molar-refractivity contribution in [2.45, 2.75) is 6.92 Å². The Hall–Kier alpha value is -2.58. The van der Waals surface area contributed by atoms with Crippen LogP contribution in [0.1, 0.15) is 6.92 Å². The van der Waals surface area contributed by atoms with E-state index in [0.717, 1.165) is 0 Å². The Morgan fingerprint density at radius 2 is 1.88 bits per heavy atom.